The molecular formula is C58H123N3OTi. The molecule has 0 rings (SSSR count). The van der Waals surface area contributed by atoms with Crippen LogP contribution in [0.2, 0.25) is 0 Å². The first-order valence-corrected chi connectivity index (χ1v) is 32.7. The molecule has 0 amide bonds. The summed E-state index contributed by atoms with van der Waals surface area (Å²) in [6, 6.07) is 0. The van der Waals surface area contributed by atoms with Crippen LogP contribution in [-0.2, 0) is 21.1 Å². The molecule has 0 saturated heterocycles. The molecule has 0 heterocycles. The van der Waals surface area contributed by atoms with Gasteiger partial charge in [0.1, 0.15) is 0 Å². The number of rotatable bonds is 55. The Hall–Kier alpha value is 0.554. The fourth-order valence-corrected chi connectivity index (χ4v) is 17.6. The predicted octanol–water partition coefficient (Wildman–Crippen LogP) is 20.0. The number of hydrogen-bond acceptors (Lipinski definition) is 4. The Bertz CT molecular complexity index is 707. The van der Waals surface area contributed by atoms with Gasteiger partial charge in [-0.15, -0.1) is 0 Å². The third-order valence-electron chi connectivity index (χ3n) is 14.2. The van der Waals surface area contributed by atoms with Gasteiger partial charge in [-0.2, -0.15) is 0 Å². The van der Waals surface area contributed by atoms with E-state index in [-0.39, 0.29) is 0 Å². The fraction of sp³-hybridized carbons (Fsp3) is 1.00. The summed E-state index contributed by atoms with van der Waals surface area (Å²) in [7, 11) is 0. The second-order valence-corrected chi connectivity index (χ2v) is 25.7. The van der Waals surface area contributed by atoms with Gasteiger partial charge in [0.25, 0.3) is 0 Å². The van der Waals surface area contributed by atoms with Crippen molar-refractivity contribution >= 4 is 0 Å². The van der Waals surface area contributed by atoms with Crippen LogP contribution in [0.5, 0.6) is 0 Å². The van der Waals surface area contributed by atoms with Crippen LogP contribution in [0.1, 0.15) is 331 Å². The summed E-state index contributed by atoms with van der Waals surface area (Å²) in [5, 5.41) is 0. The van der Waals surface area contributed by atoms with Gasteiger partial charge in [0, 0.05) is 0 Å². The summed E-state index contributed by atoms with van der Waals surface area (Å²) in [6.45, 7) is 25.2. The first-order chi connectivity index (χ1) is 31.1. The average molecular weight is 927 g/mol. The van der Waals surface area contributed by atoms with Gasteiger partial charge in [0.2, 0.25) is 0 Å². The molecule has 4 nitrogen and oxygen atoms in total. The molecular weight excluding hydrogens is 803 g/mol. The summed E-state index contributed by atoms with van der Waals surface area (Å²) in [5.41, 5.74) is 0. The molecule has 0 spiro atoms. The number of nitrogens with zero attached hydrogens (tertiary/aromatic N) is 3. The molecule has 0 aliphatic heterocycles. The van der Waals surface area contributed by atoms with Crippen molar-refractivity contribution in [3.63, 3.8) is 0 Å². The predicted molar refractivity (Wildman–Crippen MR) is 284 cm³/mol. The SMILES string of the molecule is CCCCCCCCCC[O][Ti]([N](CCCCCCCC)CCCCCCCC)([N](CCCCCCCC)CCCCCCCC)[N](CCCCCCCC)CCCCCCCC. The summed E-state index contributed by atoms with van der Waals surface area (Å²) in [5.74, 6) is 0. The van der Waals surface area contributed by atoms with Crippen molar-refractivity contribution in [2.24, 2.45) is 0 Å². The fourth-order valence-electron chi connectivity index (χ4n) is 10.0. The van der Waals surface area contributed by atoms with Gasteiger partial charge in [-0.25, -0.2) is 0 Å². The van der Waals surface area contributed by atoms with E-state index in [9.17, 15) is 0 Å². The molecule has 0 bridgehead atoms. The molecule has 63 heavy (non-hydrogen) atoms. The van der Waals surface area contributed by atoms with E-state index in [1.807, 2.05) is 0 Å². The van der Waals surface area contributed by atoms with E-state index in [0.717, 1.165) is 6.61 Å². The summed E-state index contributed by atoms with van der Waals surface area (Å²) >= 11 is -3.52. The van der Waals surface area contributed by atoms with Crippen LogP contribution in [0.25, 0.3) is 0 Å². The van der Waals surface area contributed by atoms with Gasteiger partial charge >= 0.3 is 408 Å². The van der Waals surface area contributed by atoms with E-state index in [1.54, 1.807) is 0 Å². The zero-order chi connectivity index (χ0) is 46.0. The minimum atomic E-state index is -3.52. The molecule has 0 saturated carbocycles. The molecule has 0 radical (unpaired) electrons. The van der Waals surface area contributed by atoms with Crippen LogP contribution in [0.15, 0.2) is 0 Å². The molecule has 0 N–H and O–H groups in total. The molecule has 0 aromatic rings. The van der Waals surface area contributed by atoms with Crippen molar-refractivity contribution in [2.45, 2.75) is 331 Å². The van der Waals surface area contributed by atoms with Crippen molar-refractivity contribution in [2.75, 3.05) is 45.9 Å². The van der Waals surface area contributed by atoms with Gasteiger partial charge in [-0.1, -0.05) is 0 Å². The Morgan fingerprint density at radius 3 is 0.556 bits per heavy atom. The Morgan fingerprint density at radius 1 is 0.206 bits per heavy atom. The average Bonchev–Trinajstić information content (AvgIpc) is 3.29. The van der Waals surface area contributed by atoms with Crippen molar-refractivity contribution in [3.05, 3.63) is 0 Å². The van der Waals surface area contributed by atoms with Crippen LogP contribution in [0.3, 0.4) is 0 Å². The summed E-state index contributed by atoms with van der Waals surface area (Å²) in [6.07, 6.45) is 61.0. The van der Waals surface area contributed by atoms with Crippen molar-refractivity contribution in [1.29, 1.82) is 0 Å². The Balaban J connectivity index is 7.30. The van der Waals surface area contributed by atoms with Gasteiger partial charge in [0.05, 0.1) is 0 Å². The maximum absolute atomic E-state index is 8.20. The Morgan fingerprint density at radius 2 is 0.365 bits per heavy atom. The Labute approximate surface area is 405 Å². The van der Waals surface area contributed by atoms with Gasteiger partial charge in [-0.05, 0) is 0 Å². The number of unbranched alkanes of at least 4 members (excludes halogenated alkanes) is 37. The third kappa shape index (κ3) is 37.2. The zero-order valence-corrected chi connectivity index (χ0v) is 46.9. The van der Waals surface area contributed by atoms with E-state index in [1.165, 1.54) is 322 Å². The van der Waals surface area contributed by atoms with Crippen molar-refractivity contribution < 1.29 is 21.1 Å². The van der Waals surface area contributed by atoms with Crippen molar-refractivity contribution in [1.82, 2.24) is 10.1 Å². The van der Waals surface area contributed by atoms with E-state index in [0.29, 0.717) is 0 Å². The molecule has 0 aromatic heterocycles. The van der Waals surface area contributed by atoms with Gasteiger partial charge < -0.3 is 0 Å². The number of hydrogen-bond donors (Lipinski definition) is 0. The Kier molecular flexibility index (Phi) is 52.4. The first-order valence-electron chi connectivity index (χ1n) is 30.0. The molecule has 0 aliphatic rings. The monoisotopic (exact) mass is 926 g/mol. The second-order valence-electron chi connectivity index (χ2n) is 20.5. The zero-order valence-electron chi connectivity index (χ0n) is 45.3. The summed E-state index contributed by atoms with van der Waals surface area (Å²) < 4.78 is 17.8. The molecule has 5 heteroatoms. The quantitative estimate of drug-likeness (QED) is 0.0447. The van der Waals surface area contributed by atoms with Crippen LogP contribution in [0, 0.1) is 0 Å². The van der Waals surface area contributed by atoms with Crippen LogP contribution in [-0.4, -0.2) is 56.0 Å². The molecule has 0 aromatic carbocycles. The van der Waals surface area contributed by atoms with Crippen molar-refractivity contribution in [3.8, 4) is 0 Å². The van der Waals surface area contributed by atoms with Crippen LogP contribution < -0.4 is 0 Å². The molecule has 0 aliphatic carbocycles. The first kappa shape index (κ1) is 63.6. The van der Waals surface area contributed by atoms with Gasteiger partial charge in [0.15, 0.2) is 0 Å². The molecule has 0 unspecified atom stereocenters. The standard InChI is InChI=1S/3C16H34N.C10H21O.Ti/c3*1-3-5-7-9-11-13-15-17-16-14-12-10-8-6-4-2;1-2-3-4-5-6-7-8-9-10-11;/h3*3-16H2,1-2H3;2-10H2,1H3;/q4*-1;+4. The van der Waals surface area contributed by atoms with Crippen LogP contribution in [0.4, 0.5) is 0 Å². The van der Waals surface area contributed by atoms with E-state index >= 15 is 0 Å². The van der Waals surface area contributed by atoms with E-state index in [4.69, 9.17) is 3.32 Å². The molecule has 0 atom stereocenters. The summed E-state index contributed by atoms with van der Waals surface area (Å²) in [4.78, 5) is 0. The minimum absolute atomic E-state index is 0.992. The molecule has 380 valence electrons. The van der Waals surface area contributed by atoms with Gasteiger partial charge in [-0.3, -0.25) is 0 Å². The second kappa shape index (κ2) is 51.9. The van der Waals surface area contributed by atoms with E-state index in [2.05, 4.69) is 58.6 Å². The third-order valence-corrected chi connectivity index (χ3v) is 21.1. The maximum atomic E-state index is 8.20. The topological polar surface area (TPSA) is 19.0 Å². The normalized spacial score (nSPS) is 12.3. The van der Waals surface area contributed by atoms with E-state index < -0.39 is 17.7 Å². The van der Waals surface area contributed by atoms with Crippen LogP contribution >= 0.6 is 0 Å². The molecule has 0 fully saturated rings.